The third-order valence-corrected chi connectivity index (χ3v) is 4.78. The van der Waals surface area contributed by atoms with Crippen LogP contribution in [0.5, 0.6) is 0 Å². The van der Waals surface area contributed by atoms with E-state index in [2.05, 4.69) is 30.1 Å². The Morgan fingerprint density at radius 2 is 2.00 bits per heavy atom. The summed E-state index contributed by atoms with van der Waals surface area (Å²) in [5.74, 6) is 0.965. The summed E-state index contributed by atoms with van der Waals surface area (Å²) in [6.07, 6.45) is 8.45. The van der Waals surface area contributed by atoms with Crippen LogP contribution in [0.2, 0.25) is 0 Å². The van der Waals surface area contributed by atoms with E-state index in [-0.39, 0.29) is 5.54 Å². The summed E-state index contributed by atoms with van der Waals surface area (Å²) < 4.78 is 0. The second-order valence-corrected chi connectivity index (χ2v) is 5.97. The molecule has 0 amide bonds. The van der Waals surface area contributed by atoms with Crippen molar-refractivity contribution in [3.8, 4) is 6.07 Å². The Balaban J connectivity index is 2.22. The molecular formula is C16H31N3. The molecule has 110 valence electrons. The lowest BCUT2D eigenvalue weighted by molar-refractivity contribution is 0.172. The SMILES string of the molecule is CCCC1CCN(CCCC(C#N)(CC)NC)CC1. The largest absolute Gasteiger partial charge is 0.303 e. The number of hydrogen-bond acceptors (Lipinski definition) is 3. The fourth-order valence-corrected chi connectivity index (χ4v) is 3.18. The van der Waals surface area contributed by atoms with Gasteiger partial charge in [-0.3, -0.25) is 0 Å². The van der Waals surface area contributed by atoms with Gasteiger partial charge < -0.3 is 10.2 Å². The summed E-state index contributed by atoms with van der Waals surface area (Å²) in [5.41, 5.74) is -0.305. The zero-order valence-corrected chi connectivity index (χ0v) is 13.0. The molecule has 1 heterocycles. The van der Waals surface area contributed by atoms with Crippen molar-refractivity contribution in [2.24, 2.45) is 5.92 Å². The fraction of sp³-hybridized carbons (Fsp3) is 0.938. The summed E-state index contributed by atoms with van der Waals surface area (Å²) in [4.78, 5) is 2.58. The molecule has 0 aromatic heterocycles. The lowest BCUT2D eigenvalue weighted by Gasteiger charge is -2.33. The van der Waals surface area contributed by atoms with Crippen molar-refractivity contribution in [1.82, 2.24) is 10.2 Å². The molecule has 1 N–H and O–H groups in total. The van der Waals surface area contributed by atoms with Crippen LogP contribution in [0.25, 0.3) is 0 Å². The summed E-state index contributed by atoms with van der Waals surface area (Å²) in [6, 6.07) is 2.45. The third kappa shape index (κ3) is 5.12. The van der Waals surface area contributed by atoms with E-state index in [0.29, 0.717) is 0 Å². The molecule has 0 aromatic rings. The van der Waals surface area contributed by atoms with Crippen LogP contribution in [0.1, 0.15) is 58.8 Å². The van der Waals surface area contributed by atoms with Crippen molar-refractivity contribution in [1.29, 1.82) is 5.26 Å². The zero-order valence-electron chi connectivity index (χ0n) is 13.0. The molecule has 0 saturated carbocycles. The van der Waals surface area contributed by atoms with E-state index in [9.17, 15) is 5.26 Å². The van der Waals surface area contributed by atoms with Crippen molar-refractivity contribution in [2.75, 3.05) is 26.7 Å². The van der Waals surface area contributed by atoms with Gasteiger partial charge >= 0.3 is 0 Å². The van der Waals surface area contributed by atoms with Gasteiger partial charge in [-0.25, -0.2) is 0 Å². The van der Waals surface area contributed by atoms with E-state index >= 15 is 0 Å². The molecule has 3 nitrogen and oxygen atoms in total. The number of nitriles is 1. The first kappa shape index (κ1) is 16.5. The first-order valence-electron chi connectivity index (χ1n) is 8.02. The Labute approximate surface area is 119 Å². The van der Waals surface area contributed by atoms with Crippen LogP contribution >= 0.6 is 0 Å². The van der Waals surface area contributed by atoms with Crippen LogP contribution in [0, 0.1) is 17.2 Å². The minimum absolute atomic E-state index is 0.305. The quantitative estimate of drug-likeness (QED) is 0.732. The minimum atomic E-state index is -0.305. The molecule has 0 aromatic carbocycles. The predicted molar refractivity (Wildman–Crippen MR) is 81.0 cm³/mol. The number of rotatable bonds is 8. The second kappa shape index (κ2) is 8.55. The molecule has 1 fully saturated rings. The summed E-state index contributed by atoms with van der Waals surface area (Å²) in [7, 11) is 1.91. The van der Waals surface area contributed by atoms with Crippen LogP contribution in [0.3, 0.4) is 0 Å². The normalized spacial score (nSPS) is 20.9. The maximum absolute atomic E-state index is 9.28. The first-order chi connectivity index (χ1) is 9.19. The molecule has 3 heteroatoms. The average molecular weight is 265 g/mol. The van der Waals surface area contributed by atoms with Gasteiger partial charge in [-0.05, 0) is 64.7 Å². The van der Waals surface area contributed by atoms with E-state index < -0.39 is 0 Å². The lowest BCUT2D eigenvalue weighted by Crippen LogP contribution is -2.42. The molecular weight excluding hydrogens is 234 g/mol. The number of hydrogen-bond donors (Lipinski definition) is 1. The number of piperidine rings is 1. The molecule has 1 rings (SSSR count). The maximum atomic E-state index is 9.28. The summed E-state index contributed by atoms with van der Waals surface area (Å²) in [5, 5.41) is 12.5. The Bertz CT molecular complexity index is 270. The van der Waals surface area contributed by atoms with E-state index in [4.69, 9.17) is 0 Å². The lowest BCUT2D eigenvalue weighted by atomic mass is 9.90. The van der Waals surface area contributed by atoms with Crippen LogP contribution in [-0.4, -0.2) is 37.1 Å². The fourth-order valence-electron chi connectivity index (χ4n) is 3.18. The van der Waals surface area contributed by atoms with Gasteiger partial charge in [0.2, 0.25) is 0 Å². The summed E-state index contributed by atoms with van der Waals surface area (Å²) >= 11 is 0. The van der Waals surface area contributed by atoms with Crippen LogP contribution in [-0.2, 0) is 0 Å². The minimum Gasteiger partial charge on any atom is -0.303 e. The van der Waals surface area contributed by atoms with Gasteiger partial charge in [0.05, 0.1) is 6.07 Å². The molecule has 0 bridgehead atoms. The van der Waals surface area contributed by atoms with Gasteiger partial charge in [0.15, 0.2) is 0 Å². The van der Waals surface area contributed by atoms with Gasteiger partial charge in [0, 0.05) is 0 Å². The molecule has 1 saturated heterocycles. The monoisotopic (exact) mass is 265 g/mol. The number of nitrogens with zero attached hydrogens (tertiary/aromatic N) is 2. The van der Waals surface area contributed by atoms with E-state index in [1.54, 1.807) is 0 Å². The van der Waals surface area contributed by atoms with Crippen molar-refractivity contribution in [3.63, 3.8) is 0 Å². The van der Waals surface area contributed by atoms with Crippen molar-refractivity contribution in [2.45, 2.75) is 64.3 Å². The van der Waals surface area contributed by atoms with E-state index in [1.807, 2.05) is 7.05 Å². The average Bonchev–Trinajstić information content (AvgIpc) is 2.46. The molecule has 1 aliphatic rings. The molecule has 1 unspecified atom stereocenters. The molecule has 0 aliphatic carbocycles. The van der Waals surface area contributed by atoms with Gasteiger partial charge in [-0.1, -0.05) is 26.7 Å². The molecule has 1 atom stereocenters. The molecule has 0 spiro atoms. The third-order valence-electron chi connectivity index (χ3n) is 4.78. The Morgan fingerprint density at radius 3 is 2.47 bits per heavy atom. The van der Waals surface area contributed by atoms with Crippen molar-refractivity contribution < 1.29 is 0 Å². The number of nitrogens with one attached hydrogen (secondary N) is 1. The van der Waals surface area contributed by atoms with Crippen LogP contribution in [0.15, 0.2) is 0 Å². The van der Waals surface area contributed by atoms with Gasteiger partial charge in [-0.15, -0.1) is 0 Å². The zero-order chi connectivity index (χ0) is 14.1. The van der Waals surface area contributed by atoms with Gasteiger partial charge in [0.25, 0.3) is 0 Å². The standard InChI is InChI=1S/C16H31N3/c1-4-7-15-8-12-19(13-9-15)11-6-10-16(5-2,14-17)18-3/h15,18H,4-13H2,1-3H3. The van der Waals surface area contributed by atoms with Crippen LogP contribution < -0.4 is 5.32 Å². The number of likely N-dealkylation sites (tertiary alicyclic amines) is 1. The van der Waals surface area contributed by atoms with Crippen molar-refractivity contribution in [3.05, 3.63) is 0 Å². The predicted octanol–water partition coefficient (Wildman–Crippen LogP) is 3.17. The van der Waals surface area contributed by atoms with Gasteiger partial charge in [0.1, 0.15) is 5.54 Å². The van der Waals surface area contributed by atoms with Crippen LogP contribution in [0.4, 0.5) is 0 Å². The topological polar surface area (TPSA) is 39.1 Å². The highest BCUT2D eigenvalue weighted by Crippen LogP contribution is 2.22. The highest BCUT2D eigenvalue weighted by Gasteiger charge is 2.25. The Morgan fingerprint density at radius 1 is 1.32 bits per heavy atom. The van der Waals surface area contributed by atoms with E-state index in [1.165, 1.54) is 38.8 Å². The smallest absolute Gasteiger partial charge is 0.106 e. The maximum Gasteiger partial charge on any atom is 0.106 e. The van der Waals surface area contributed by atoms with Gasteiger partial charge in [-0.2, -0.15) is 5.26 Å². The molecule has 0 radical (unpaired) electrons. The molecule has 1 aliphatic heterocycles. The first-order valence-corrected chi connectivity index (χ1v) is 8.02. The highest BCUT2D eigenvalue weighted by molar-refractivity contribution is 5.05. The Hall–Kier alpha value is -0.590. The second-order valence-electron chi connectivity index (χ2n) is 5.97. The highest BCUT2D eigenvalue weighted by atomic mass is 15.1. The Kier molecular flexibility index (Phi) is 7.41. The molecule has 19 heavy (non-hydrogen) atoms. The summed E-state index contributed by atoms with van der Waals surface area (Å²) in [6.45, 7) is 8.06. The van der Waals surface area contributed by atoms with E-state index in [0.717, 1.165) is 31.7 Å². The van der Waals surface area contributed by atoms with Crippen molar-refractivity contribution >= 4 is 0 Å².